The van der Waals surface area contributed by atoms with Gasteiger partial charge < -0.3 is 20.1 Å². The van der Waals surface area contributed by atoms with Crippen molar-refractivity contribution in [1.29, 1.82) is 0 Å². The average Bonchev–Trinajstić information content (AvgIpc) is 2.99. The maximum Gasteiger partial charge on any atom is 0.315 e. The van der Waals surface area contributed by atoms with Crippen molar-refractivity contribution < 1.29 is 14.3 Å². The first-order valence-electron chi connectivity index (χ1n) is 9.06. The van der Waals surface area contributed by atoms with Gasteiger partial charge in [0.2, 0.25) is 0 Å². The maximum atomic E-state index is 12.3. The van der Waals surface area contributed by atoms with E-state index in [0.717, 1.165) is 38.7 Å². The van der Waals surface area contributed by atoms with E-state index in [-0.39, 0.29) is 17.7 Å². The van der Waals surface area contributed by atoms with Crippen molar-refractivity contribution in [2.45, 2.75) is 55.7 Å². The Kier molecular flexibility index (Phi) is 4.46. The quantitative estimate of drug-likeness (QED) is 0.895. The smallest absolute Gasteiger partial charge is 0.315 e. The Morgan fingerprint density at radius 3 is 2.62 bits per heavy atom. The zero-order valence-electron chi connectivity index (χ0n) is 14.0. The van der Waals surface area contributed by atoms with Crippen molar-refractivity contribution in [2.24, 2.45) is 0 Å². The summed E-state index contributed by atoms with van der Waals surface area (Å²) in [5, 5.41) is 6.26. The molecule has 2 aliphatic heterocycles. The Labute approximate surface area is 143 Å². The maximum absolute atomic E-state index is 12.3. The van der Waals surface area contributed by atoms with Crippen LogP contribution in [0.25, 0.3) is 0 Å². The summed E-state index contributed by atoms with van der Waals surface area (Å²) in [5.74, 6) is 0.582. The van der Waals surface area contributed by atoms with Gasteiger partial charge in [-0.1, -0.05) is 30.3 Å². The number of carbonyl (C=O) groups excluding carboxylic acids is 1. The standard InChI is InChI=1S/C19H26N2O3/c22-18(20-16-6-8-24-19(12-16)7-9-23-13-19)21-17-10-15(11-17)14-4-2-1-3-5-14/h1-5,15-17H,6-13H2,(H2,20,21,22)/t15?,16-,17?,19+/m1/s1. The number of hydrogen-bond acceptors (Lipinski definition) is 3. The van der Waals surface area contributed by atoms with Gasteiger partial charge in [0.25, 0.3) is 0 Å². The monoisotopic (exact) mass is 330 g/mol. The highest BCUT2D eigenvalue weighted by molar-refractivity contribution is 5.74. The molecule has 5 heteroatoms. The molecule has 1 aromatic carbocycles. The van der Waals surface area contributed by atoms with Crippen molar-refractivity contribution in [1.82, 2.24) is 10.6 Å². The van der Waals surface area contributed by atoms with Crippen LogP contribution in [0.5, 0.6) is 0 Å². The Bertz CT molecular complexity index is 565. The molecule has 2 N–H and O–H groups in total. The van der Waals surface area contributed by atoms with Gasteiger partial charge in [0.05, 0.1) is 12.2 Å². The van der Waals surface area contributed by atoms with Gasteiger partial charge in [-0.05, 0) is 37.2 Å². The lowest BCUT2D eigenvalue weighted by Crippen LogP contribution is -2.54. The van der Waals surface area contributed by atoms with E-state index in [4.69, 9.17) is 9.47 Å². The lowest BCUT2D eigenvalue weighted by molar-refractivity contribution is -0.0878. The van der Waals surface area contributed by atoms with Crippen molar-refractivity contribution in [3.63, 3.8) is 0 Å². The Hall–Kier alpha value is -1.59. The van der Waals surface area contributed by atoms with E-state index in [0.29, 0.717) is 25.2 Å². The molecule has 2 heterocycles. The minimum atomic E-state index is -0.162. The normalized spacial score (nSPS) is 35.4. The van der Waals surface area contributed by atoms with Crippen molar-refractivity contribution >= 4 is 6.03 Å². The van der Waals surface area contributed by atoms with Crippen LogP contribution in [-0.4, -0.2) is 43.5 Å². The molecule has 2 saturated heterocycles. The van der Waals surface area contributed by atoms with E-state index < -0.39 is 0 Å². The topological polar surface area (TPSA) is 59.6 Å². The highest BCUT2D eigenvalue weighted by atomic mass is 16.6. The number of amides is 2. The minimum Gasteiger partial charge on any atom is -0.378 e. The summed E-state index contributed by atoms with van der Waals surface area (Å²) in [5.41, 5.74) is 1.22. The zero-order valence-corrected chi connectivity index (χ0v) is 14.0. The van der Waals surface area contributed by atoms with Crippen LogP contribution >= 0.6 is 0 Å². The highest BCUT2D eigenvalue weighted by Gasteiger charge is 2.41. The van der Waals surface area contributed by atoms with Crippen LogP contribution in [0.1, 0.15) is 43.6 Å². The van der Waals surface area contributed by atoms with Gasteiger partial charge in [0.15, 0.2) is 0 Å². The molecular weight excluding hydrogens is 304 g/mol. The Morgan fingerprint density at radius 1 is 1.08 bits per heavy atom. The van der Waals surface area contributed by atoms with Crippen LogP contribution in [-0.2, 0) is 9.47 Å². The van der Waals surface area contributed by atoms with E-state index in [1.807, 2.05) is 6.07 Å². The predicted molar refractivity (Wildman–Crippen MR) is 91.0 cm³/mol. The molecule has 0 unspecified atom stereocenters. The van der Waals surface area contributed by atoms with Gasteiger partial charge in [-0.15, -0.1) is 0 Å². The molecule has 0 radical (unpaired) electrons. The SMILES string of the molecule is O=C(NC1CC(c2ccccc2)C1)N[C@@H]1CCO[C@@]2(CCOC2)C1. The number of benzene rings is 1. The summed E-state index contributed by atoms with van der Waals surface area (Å²) in [7, 11) is 0. The molecule has 1 saturated carbocycles. The number of carbonyl (C=O) groups is 1. The summed E-state index contributed by atoms with van der Waals surface area (Å²) < 4.78 is 11.4. The Morgan fingerprint density at radius 2 is 1.88 bits per heavy atom. The van der Waals surface area contributed by atoms with Crippen LogP contribution in [0.15, 0.2) is 30.3 Å². The molecule has 3 fully saturated rings. The summed E-state index contributed by atoms with van der Waals surface area (Å²) >= 11 is 0. The number of urea groups is 1. The van der Waals surface area contributed by atoms with Crippen LogP contribution in [0, 0.1) is 0 Å². The first-order valence-corrected chi connectivity index (χ1v) is 9.06. The van der Waals surface area contributed by atoms with Crippen LogP contribution in [0.4, 0.5) is 4.79 Å². The van der Waals surface area contributed by atoms with Crippen LogP contribution < -0.4 is 10.6 Å². The van der Waals surface area contributed by atoms with E-state index in [1.165, 1.54) is 5.56 Å². The largest absolute Gasteiger partial charge is 0.378 e. The van der Waals surface area contributed by atoms with E-state index in [9.17, 15) is 4.79 Å². The minimum absolute atomic E-state index is 0.0347. The zero-order chi connectivity index (χ0) is 16.4. The van der Waals surface area contributed by atoms with E-state index >= 15 is 0 Å². The molecule has 24 heavy (non-hydrogen) atoms. The lowest BCUT2D eigenvalue weighted by Gasteiger charge is -2.39. The fourth-order valence-electron chi connectivity index (χ4n) is 4.16. The third-order valence-corrected chi connectivity index (χ3v) is 5.64. The summed E-state index contributed by atoms with van der Waals surface area (Å²) in [6.45, 7) is 2.13. The molecule has 2 amide bonds. The second-order valence-electron chi connectivity index (χ2n) is 7.42. The summed E-state index contributed by atoms with van der Waals surface area (Å²) in [4.78, 5) is 12.3. The van der Waals surface area contributed by atoms with Gasteiger partial charge in [-0.3, -0.25) is 0 Å². The fraction of sp³-hybridized carbons (Fsp3) is 0.632. The molecule has 4 rings (SSSR count). The van der Waals surface area contributed by atoms with Gasteiger partial charge >= 0.3 is 6.03 Å². The average molecular weight is 330 g/mol. The van der Waals surface area contributed by atoms with Crippen LogP contribution in [0.2, 0.25) is 0 Å². The van der Waals surface area contributed by atoms with Gasteiger partial charge in [-0.25, -0.2) is 4.79 Å². The fourth-order valence-corrected chi connectivity index (χ4v) is 4.16. The Balaban J connectivity index is 1.22. The molecule has 2 atom stereocenters. The number of rotatable bonds is 3. The molecule has 0 bridgehead atoms. The highest BCUT2D eigenvalue weighted by Crippen LogP contribution is 2.37. The molecular formula is C19H26N2O3. The second kappa shape index (κ2) is 6.73. The number of ether oxygens (including phenoxy) is 2. The molecule has 1 aromatic rings. The van der Waals surface area contributed by atoms with Gasteiger partial charge in [-0.2, -0.15) is 0 Å². The lowest BCUT2D eigenvalue weighted by atomic mass is 9.76. The van der Waals surface area contributed by atoms with E-state index in [2.05, 4.69) is 34.9 Å². The van der Waals surface area contributed by atoms with Crippen molar-refractivity contribution in [3.05, 3.63) is 35.9 Å². The van der Waals surface area contributed by atoms with Gasteiger partial charge in [0.1, 0.15) is 0 Å². The summed E-state index contributed by atoms with van der Waals surface area (Å²) in [6.07, 6.45) is 4.74. The number of hydrogen-bond donors (Lipinski definition) is 2. The second-order valence-corrected chi connectivity index (χ2v) is 7.42. The first kappa shape index (κ1) is 15.9. The van der Waals surface area contributed by atoms with Gasteiger partial charge in [0, 0.05) is 31.7 Å². The third kappa shape index (κ3) is 3.42. The number of nitrogens with one attached hydrogen (secondary N) is 2. The molecule has 130 valence electrons. The molecule has 1 aliphatic carbocycles. The molecule has 5 nitrogen and oxygen atoms in total. The van der Waals surface area contributed by atoms with Crippen molar-refractivity contribution in [3.8, 4) is 0 Å². The molecule has 3 aliphatic rings. The molecule has 1 spiro atoms. The van der Waals surface area contributed by atoms with Crippen molar-refractivity contribution in [2.75, 3.05) is 19.8 Å². The molecule has 0 aromatic heterocycles. The predicted octanol–water partition coefficient (Wildman–Crippen LogP) is 2.57. The first-order chi connectivity index (χ1) is 11.7. The summed E-state index contributed by atoms with van der Waals surface area (Å²) in [6, 6.07) is 11.0. The van der Waals surface area contributed by atoms with E-state index in [1.54, 1.807) is 0 Å². The third-order valence-electron chi connectivity index (χ3n) is 5.64. The van der Waals surface area contributed by atoms with Crippen LogP contribution in [0.3, 0.4) is 0 Å².